The van der Waals surface area contributed by atoms with E-state index in [0.29, 0.717) is 18.1 Å². The lowest BCUT2D eigenvalue weighted by Gasteiger charge is -2.23. The summed E-state index contributed by atoms with van der Waals surface area (Å²) in [6.07, 6.45) is -0.142. The van der Waals surface area contributed by atoms with Crippen LogP contribution in [0.3, 0.4) is 0 Å². The summed E-state index contributed by atoms with van der Waals surface area (Å²) in [5, 5.41) is 6.08. The van der Waals surface area contributed by atoms with E-state index in [4.69, 9.17) is 4.74 Å². The van der Waals surface area contributed by atoms with Gasteiger partial charge in [0.15, 0.2) is 5.96 Å². The third kappa shape index (κ3) is 8.31. The summed E-state index contributed by atoms with van der Waals surface area (Å²) in [6, 6.07) is 5.08. The Morgan fingerprint density at radius 3 is 2.72 bits per heavy atom. The fourth-order valence-electron chi connectivity index (χ4n) is 2.89. The summed E-state index contributed by atoms with van der Waals surface area (Å²) >= 11 is 0. The van der Waals surface area contributed by atoms with E-state index in [1.54, 1.807) is 20.2 Å². The highest BCUT2D eigenvalue weighted by Gasteiger charge is 2.30. The zero-order valence-electron chi connectivity index (χ0n) is 16.9. The number of hydrogen-bond acceptors (Lipinski definition) is 3. The van der Waals surface area contributed by atoms with Gasteiger partial charge in [-0.1, -0.05) is 12.1 Å². The summed E-state index contributed by atoms with van der Waals surface area (Å²) < 4.78 is 44.3. The van der Waals surface area contributed by atoms with Gasteiger partial charge < -0.3 is 20.3 Å². The minimum Gasteiger partial charge on any atom is -0.378 e. The molecule has 1 atom stereocenters. The van der Waals surface area contributed by atoms with Crippen molar-refractivity contribution >= 4 is 11.9 Å². The van der Waals surface area contributed by atoms with E-state index in [0.717, 1.165) is 44.4 Å². The average molecular weight is 414 g/mol. The van der Waals surface area contributed by atoms with Crippen molar-refractivity contribution in [3.63, 3.8) is 0 Å². The number of aliphatic imine (C=N–C) groups is 1. The second-order valence-electron chi connectivity index (χ2n) is 7.21. The number of carbonyl (C=O) groups is 1. The Kier molecular flexibility index (Phi) is 8.75. The van der Waals surface area contributed by atoms with Crippen molar-refractivity contribution in [1.82, 2.24) is 15.5 Å². The second kappa shape index (κ2) is 11.0. The van der Waals surface area contributed by atoms with Gasteiger partial charge in [-0.05, 0) is 43.4 Å². The molecule has 1 aromatic carbocycles. The summed E-state index contributed by atoms with van der Waals surface area (Å²) in [4.78, 5) is 17.6. The predicted molar refractivity (Wildman–Crippen MR) is 105 cm³/mol. The first-order valence-corrected chi connectivity index (χ1v) is 9.76. The van der Waals surface area contributed by atoms with Gasteiger partial charge in [-0.25, -0.2) is 4.99 Å². The van der Waals surface area contributed by atoms with Crippen LogP contribution in [0.2, 0.25) is 0 Å². The van der Waals surface area contributed by atoms with E-state index in [1.165, 1.54) is 11.0 Å². The number of benzene rings is 1. The monoisotopic (exact) mass is 414 g/mol. The van der Waals surface area contributed by atoms with Crippen LogP contribution >= 0.6 is 0 Å². The molecule has 2 N–H and O–H groups in total. The molecule has 0 spiro atoms. The molecule has 1 saturated heterocycles. The molecule has 0 bridgehead atoms. The zero-order chi connectivity index (χ0) is 21.3. The molecule has 1 heterocycles. The Labute approximate surface area is 169 Å². The third-order valence-electron chi connectivity index (χ3n) is 4.61. The van der Waals surface area contributed by atoms with Crippen molar-refractivity contribution < 1.29 is 22.7 Å². The Morgan fingerprint density at radius 2 is 2.07 bits per heavy atom. The number of hydrogen-bond donors (Lipinski definition) is 2. The molecule has 1 aliphatic heterocycles. The maximum Gasteiger partial charge on any atom is 0.416 e. The van der Waals surface area contributed by atoms with E-state index < -0.39 is 11.7 Å². The topological polar surface area (TPSA) is 66.0 Å². The molecular weight excluding hydrogens is 385 g/mol. The molecule has 1 aliphatic rings. The molecule has 6 nitrogen and oxygen atoms in total. The highest BCUT2D eigenvalue weighted by Crippen LogP contribution is 2.29. The normalized spacial score (nSPS) is 17.7. The van der Waals surface area contributed by atoms with E-state index in [9.17, 15) is 18.0 Å². The van der Waals surface area contributed by atoms with Gasteiger partial charge in [0, 0.05) is 27.2 Å². The lowest BCUT2D eigenvalue weighted by molar-refractivity contribution is -0.137. The lowest BCUT2D eigenvalue weighted by Crippen LogP contribution is -2.43. The van der Waals surface area contributed by atoms with E-state index in [1.807, 2.05) is 0 Å². The van der Waals surface area contributed by atoms with Crippen molar-refractivity contribution in [3.8, 4) is 0 Å². The zero-order valence-corrected chi connectivity index (χ0v) is 16.9. The smallest absolute Gasteiger partial charge is 0.378 e. The molecular formula is C20H29F3N4O2. The first kappa shape index (κ1) is 23.0. The minimum atomic E-state index is -4.39. The van der Waals surface area contributed by atoms with Gasteiger partial charge >= 0.3 is 6.18 Å². The molecule has 0 radical (unpaired) electrons. The molecule has 1 aromatic rings. The highest BCUT2D eigenvalue weighted by atomic mass is 19.4. The van der Waals surface area contributed by atoms with E-state index in [-0.39, 0.29) is 25.1 Å². The van der Waals surface area contributed by atoms with Gasteiger partial charge in [-0.2, -0.15) is 13.2 Å². The number of ether oxygens (including phenoxy) is 1. The molecule has 0 aliphatic carbocycles. The van der Waals surface area contributed by atoms with Crippen LogP contribution in [0.15, 0.2) is 29.3 Å². The van der Waals surface area contributed by atoms with Gasteiger partial charge in [0.1, 0.15) is 0 Å². The number of amides is 1. The number of carbonyl (C=O) groups excluding carboxylic acids is 1. The summed E-state index contributed by atoms with van der Waals surface area (Å²) in [5.74, 6) is 0.252. The van der Waals surface area contributed by atoms with Crippen LogP contribution in [-0.2, 0) is 22.3 Å². The Morgan fingerprint density at radius 1 is 1.28 bits per heavy atom. The molecule has 29 heavy (non-hydrogen) atoms. The van der Waals surface area contributed by atoms with Crippen molar-refractivity contribution in [1.29, 1.82) is 0 Å². The number of nitrogens with zero attached hydrogens (tertiary/aromatic N) is 2. The van der Waals surface area contributed by atoms with Crippen LogP contribution in [0.25, 0.3) is 0 Å². The van der Waals surface area contributed by atoms with Gasteiger partial charge in [0.2, 0.25) is 5.91 Å². The quantitative estimate of drug-likeness (QED) is 0.532. The highest BCUT2D eigenvalue weighted by molar-refractivity contribution is 5.86. The molecule has 2 rings (SSSR count). The predicted octanol–water partition coefficient (Wildman–Crippen LogP) is 2.79. The molecule has 0 aromatic heterocycles. The molecule has 162 valence electrons. The Balaban J connectivity index is 1.97. The first-order chi connectivity index (χ1) is 13.8. The maximum atomic E-state index is 12.9. The number of rotatable bonds is 7. The fraction of sp³-hybridized carbons (Fsp3) is 0.600. The molecule has 1 unspecified atom stereocenters. The Hall–Kier alpha value is -2.29. The van der Waals surface area contributed by atoms with Gasteiger partial charge in [-0.15, -0.1) is 0 Å². The van der Waals surface area contributed by atoms with Crippen LogP contribution in [-0.4, -0.2) is 56.7 Å². The van der Waals surface area contributed by atoms with Crippen molar-refractivity contribution in [2.45, 2.75) is 44.5 Å². The molecule has 1 amide bonds. The number of halogens is 3. The van der Waals surface area contributed by atoms with Crippen molar-refractivity contribution in [3.05, 3.63) is 35.4 Å². The second-order valence-corrected chi connectivity index (χ2v) is 7.21. The van der Waals surface area contributed by atoms with E-state index >= 15 is 0 Å². The van der Waals surface area contributed by atoms with Crippen LogP contribution in [0.5, 0.6) is 0 Å². The number of guanidine groups is 1. The summed E-state index contributed by atoms with van der Waals surface area (Å²) in [5.41, 5.74) is -0.264. The van der Waals surface area contributed by atoms with E-state index in [2.05, 4.69) is 15.6 Å². The molecule has 9 heteroatoms. The fourth-order valence-corrected chi connectivity index (χ4v) is 2.89. The third-order valence-corrected chi connectivity index (χ3v) is 4.61. The first-order valence-electron chi connectivity index (χ1n) is 9.76. The lowest BCUT2D eigenvalue weighted by atomic mass is 10.1. The van der Waals surface area contributed by atoms with Crippen LogP contribution < -0.4 is 10.6 Å². The van der Waals surface area contributed by atoms with Crippen LogP contribution in [0, 0.1) is 0 Å². The SMILES string of the molecule is CN(C)C(=O)CNC(=NCc1cccc(C(F)(F)F)c1)NCCC1CCCCO1. The van der Waals surface area contributed by atoms with Crippen LogP contribution in [0.1, 0.15) is 36.8 Å². The van der Waals surface area contributed by atoms with Gasteiger partial charge in [0.05, 0.1) is 24.8 Å². The average Bonchev–Trinajstić information content (AvgIpc) is 2.69. The molecule has 0 saturated carbocycles. The molecule has 1 fully saturated rings. The number of likely N-dealkylation sites (N-methyl/N-ethyl adjacent to an activating group) is 1. The van der Waals surface area contributed by atoms with Crippen molar-refractivity contribution in [2.24, 2.45) is 4.99 Å². The standard InChI is InChI=1S/C20H29F3N4O2/c1-27(2)18(28)14-26-19(24-10-9-17-8-3-4-11-29-17)25-13-15-6-5-7-16(12-15)20(21,22)23/h5-7,12,17H,3-4,8-11,13-14H2,1-2H3,(H2,24,25,26). The van der Waals surface area contributed by atoms with Crippen molar-refractivity contribution in [2.75, 3.05) is 33.8 Å². The van der Waals surface area contributed by atoms with Gasteiger partial charge in [-0.3, -0.25) is 4.79 Å². The number of alkyl halides is 3. The maximum absolute atomic E-state index is 12.9. The largest absolute Gasteiger partial charge is 0.416 e. The minimum absolute atomic E-state index is 0.0430. The number of nitrogens with one attached hydrogen (secondary N) is 2. The van der Waals surface area contributed by atoms with Gasteiger partial charge in [0.25, 0.3) is 0 Å². The van der Waals surface area contributed by atoms with Crippen LogP contribution in [0.4, 0.5) is 13.2 Å². The summed E-state index contributed by atoms with van der Waals surface area (Å²) in [6.45, 7) is 1.47. The summed E-state index contributed by atoms with van der Waals surface area (Å²) in [7, 11) is 3.30. The Bertz CT molecular complexity index is 687.